The van der Waals surface area contributed by atoms with Crippen molar-refractivity contribution in [2.45, 2.75) is 38.6 Å². The third-order valence-corrected chi connectivity index (χ3v) is 3.43. The van der Waals surface area contributed by atoms with Crippen LogP contribution in [0.5, 0.6) is 0 Å². The lowest BCUT2D eigenvalue weighted by Gasteiger charge is -2.29. The second-order valence-corrected chi connectivity index (χ2v) is 5.77. The second kappa shape index (κ2) is 5.61. The summed E-state index contributed by atoms with van der Waals surface area (Å²) >= 11 is 0. The molecule has 0 saturated carbocycles. The molecule has 1 fully saturated rings. The Hall–Kier alpha value is -1.55. The van der Waals surface area contributed by atoms with E-state index in [1.165, 1.54) is 24.9 Å². The van der Waals surface area contributed by atoms with Crippen LogP contribution in [-0.2, 0) is 4.79 Å². The minimum absolute atomic E-state index is 0.168. The Kier molecular flexibility index (Phi) is 4.10. The van der Waals surface area contributed by atoms with Gasteiger partial charge in [-0.05, 0) is 57.4 Å². The Labute approximate surface area is 115 Å². The molecule has 1 amide bonds. The van der Waals surface area contributed by atoms with Gasteiger partial charge in [0.05, 0.1) is 5.54 Å². The van der Waals surface area contributed by atoms with Crippen molar-refractivity contribution < 1.29 is 4.79 Å². The number of piperidine rings is 1. The molecular weight excluding hydrogens is 238 g/mol. The van der Waals surface area contributed by atoms with Crippen LogP contribution in [0.4, 0.5) is 11.4 Å². The highest BCUT2D eigenvalue weighted by molar-refractivity contribution is 5.97. The Morgan fingerprint density at radius 1 is 1.16 bits per heavy atom. The number of rotatable bonds is 3. The topological polar surface area (TPSA) is 58.4 Å². The van der Waals surface area contributed by atoms with Crippen molar-refractivity contribution in [3.63, 3.8) is 0 Å². The minimum Gasteiger partial charge on any atom is -0.372 e. The van der Waals surface area contributed by atoms with E-state index in [0.717, 1.165) is 18.8 Å². The first kappa shape index (κ1) is 13.9. The molecule has 1 aliphatic rings. The summed E-state index contributed by atoms with van der Waals surface area (Å²) in [5.74, 6) is -0.168. The highest BCUT2D eigenvalue weighted by Crippen LogP contribution is 2.22. The summed E-state index contributed by atoms with van der Waals surface area (Å²) in [6.45, 7) is 5.65. The van der Waals surface area contributed by atoms with Gasteiger partial charge < -0.3 is 16.0 Å². The van der Waals surface area contributed by atoms with Crippen molar-refractivity contribution >= 4 is 17.3 Å². The predicted molar refractivity (Wildman–Crippen MR) is 79.4 cm³/mol. The fraction of sp³-hybridized carbons (Fsp3) is 0.533. The summed E-state index contributed by atoms with van der Waals surface area (Å²) in [6.07, 6.45) is 3.86. The number of anilines is 2. The zero-order valence-electron chi connectivity index (χ0n) is 11.8. The van der Waals surface area contributed by atoms with Crippen molar-refractivity contribution in [2.75, 3.05) is 23.3 Å². The van der Waals surface area contributed by atoms with E-state index in [4.69, 9.17) is 5.73 Å². The minimum atomic E-state index is -0.856. The molecule has 2 rings (SSSR count). The molecule has 4 heteroatoms. The molecule has 4 nitrogen and oxygen atoms in total. The van der Waals surface area contributed by atoms with Crippen molar-refractivity contribution in [1.29, 1.82) is 0 Å². The van der Waals surface area contributed by atoms with Gasteiger partial charge in [0.15, 0.2) is 0 Å². The quantitative estimate of drug-likeness (QED) is 0.878. The monoisotopic (exact) mass is 261 g/mol. The van der Waals surface area contributed by atoms with E-state index in [2.05, 4.69) is 22.3 Å². The zero-order valence-corrected chi connectivity index (χ0v) is 11.8. The van der Waals surface area contributed by atoms with E-state index >= 15 is 0 Å². The number of carbonyl (C=O) groups is 1. The van der Waals surface area contributed by atoms with Gasteiger partial charge in [0.2, 0.25) is 5.91 Å². The number of nitrogens with zero attached hydrogens (tertiary/aromatic N) is 1. The van der Waals surface area contributed by atoms with E-state index in [9.17, 15) is 4.79 Å². The Balaban J connectivity index is 2.00. The van der Waals surface area contributed by atoms with Crippen LogP contribution in [-0.4, -0.2) is 24.5 Å². The van der Waals surface area contributed by atoms with E-state index < -0.39 is 5.54 Å². The van der Waals surface area contributed by atoms with Crippen LogP contribution in [0.15, 0.2) is 24.3 Å². The number of nitrogens with two attached hydrogens (primary N) is 1. The summed E-state index contributed by atoms with van der Waals surface area (Å²) < 4.78 is 0. The lowest BCUT2D eigenvalue weighted by atomic mass is 10.1. The van der Waals surface area contributed by atoms with E-state index in [-0.39, 0.29) is 5.91 Å². The molecule has 0 radical (unpaired) electrons. The number of carbonyl (C=O) groups excluding carboxylic acids is 1. The first-order chi connectivity index (χ1) is 8.97. The first-order valence-corrected chi connectivity index (χ1v) is 6.92. The summed E-state index contributed by atoms with van der Waals surface area (Å²) in [4.78, 5) is 14.2. The van der Waals surface area contributed by atoms with Crippen LogP contribution in [0, 0.1) is 0 Å². The molecule has 104 valence electrons. The number of benzene rings is 1. The molecule has 0 aromatic heterocycles. The number of nitrogens with one attached hydrogen (secondary N) is 1. The Morgan fingerprint density at radius 3 is 2.26 bits per heavy atom. The van der Waals surface area contributed by atoms with Gasteiger partial charge in [0.25, 0.3) is 0 Å². The Morgan fingerprint density at radius 2 is 1.74 bits per heavy atom. The summed E-state index contributed by atoms with van der Waals surface area (Å²) in [5, 5.41) is 2.83. The maximum atomic E-state index is 11.8. The molecule has 0 spiro atoms. The third kappa shape index (κ3) is 3.70. The molecule has 3 N–H and O–H groups in total. The number of hydrogen-bond acceptors (Lipinski definition) is 3. The van der Waals surface area contributed by atoms with Gasteiger partial charge in [0.1, 0.15) is 0 Å². The molecule has 0 unspecified atom stereocenters. The standard InChI is InChI=1S/C15H23N3O/c1-15(2,16)14(19)17-12-6-8-13(9-7-12)18-10-4-3-5-11-18/h6-9H,3-5,10-11,16H2,1-2H3,(H,17,19). The molecule has 0 bridgehead atoms. The average Bonchev–Trinajstić information content (AvgIpc) is 2.39. The number of hydrogen-bond donors (Lipinski definition) is 2. The van der Waals surface area contributed by atoms with Gasteiger partial charge in [-0.2, -0.15) is 0 Å². The van der Waals surface area contributed by atoms with Crippen LogP contribution in [0.1, 0.15) is 33.1 Å². The summed E-state index contributed by atoms with van der Waals surface area (Å²) in [5.41, 5.74) is 6.92. The molecule has 0 aliphatic carbocycles. The lowest BCUT2D eigenvalue weighted by Crippen LogP contribution is -2.45. The van der Waals surface area contributed by atoms with Crippen LogP contribution in [0.25, 0.3) is 0 Å². The van der Waals surface area contributed by atoms with Crippen LogP contribution in [0.3, 0.4) is 0 Å². The average molecular weight is 261 g/mol. The van der Waals surface area contributed by atoms with Crippen molar-refractivity contribution in [2.24, 2.45) is 5.73 Å². The van der Waals surface area contributed by atoms with Crippen molar-refractivity contribution in [3.8, 4) is 0 Å². The molecular formula is C15H23N3O. The maximum absolute atomic E-state index is 11.8. The van der Waals surface area contributed by atoms with Crippen LogP contribution < -0.4 is 16.0 Å². The van der Waals surface area contributed by atoms with Crippen LogP contribution >= 0.6 is 0 Å². The van der Waals surface area contributed by atoms with Gasteiger partial charge >= 0.3 is 0 Å². The molecule has 1 heterocycles. The van der Waals surface area contributed by atoms with E-state index in [0.29, 0.717) is 0 Å². The van der Waals surface area contributed by atoms with Crippen molar-refractivity contribution in [3.05, 3.63) is 24.3 Å². The molecule has 1 saturated heterocycles. The van der Waals surface area contributed by atoms with E-state index in [1.54, 1.807) is 13.8 Å². The molecule has 1 aromatic carbocycles. The van der Waals surface area contributed by atoms with Crippen LogP contribution in [0.2, 0.25) is 0 Å². The predicted octanol–water partition coefficient (Wildman–Crippen LogP) is 2.35. The van der Waals surface area contributed by atoms with Gasteiger partial charge in [0, 0.05) is 24.5 Å². The van der Waals surface area contributed by atoms with Gasteiger partial charge in [-0.1, -0.05) is 0 Å². The molecule has 1 aliphatic heterocycles. The lowest BCUT2D eigenvalue weighted by molar-refractivity contribution is -0.120. The highest BCUT2D eigenvalue weighted by Gasteiger charge is 2.21. The Bertz CT molecular complexity index is 428. The first-order valence-electron chi connectivity index (χ1n) is 6.92. The summed E-state index contributed by atoms with van der Waals surface area (Å²) in [7, 11) is 0. The second-order valence-electron chi connectivity index (χ2n) is 5.77. The maximum Gasteiger partial charge on any atom is 0.243 e. The SMILES string of the molecule is CC(C)(N)C(=O)Nc1ccc(N2CCCCC2)cc1. The fourth-order valence-electron chi connectivity index (χ4n) is 2.20. The van der Waals surface area contributed by atoms with Gasteiger partial charge in [-0.25, -0.2) is 0 Å². The summed E-state index contributed by atoms with van der Waals surface area (Å²) in [6, 6.07) is 8.00. The van der Waals surface area contributed by atoms with Gasteiger partial charge in [-0.3, -0.25) is 4.79 Å². The third-order valence-electron chi connectivity index (χ3n) is 3.43. The van der Waals surface area contributed by atoms with Crippen molar-refractivity contribution in [1.82, 2.24) is 0 Å². The largest absolute Gasteiger partial charge is 0.372 e. The number of amides is 1. The van der Waals surface area contributed by atoms with Gasteiger partial charge in [-0.15, -0.1) is 0 Å². The molecule has 1 aromatic rings. The fourth-order valence-corrected chi connectivity index (χ4v) is 2.20. The highest BCUT2D eigenvalue weighted by atomic mass is 16.2. The zero-order chi connectivity index (χ0) is 13.9. The normalized spacial score (nSPS) is 16.3. The smallest absolute Gasteiger partial charge is 0.243 e. The molecule has 0 atom stereocenters. The molecule has 19 heavy (non-hydrogen) atoms. The van der Waals surface area contributed by atoms with E-state index in [1.807, 2.05) is 12.1 Å².